The predicted octanol–water partition coefficient (Wildman–Crippen LogP) is 2.12. The second-order valence-corrected chi connectivity index (χ2v) is 4.57. The van der Waals surface area contributed by atoms with E-state index in [1.54, 1.807) is 11.9 Å². The molecule has 0 amide bonds. The molecule has 98 valence electrons. The van der Waals surface area contributed by atoms with Crippen molar-refractivity contribution in [3.8, 4) is 0 Å². The molecule has 0 aliphatic heterocycles. The monoisotopic (exact) mass is 248 g/mol. The zero-order valence-corrected chi connectivity index (χ0v) is 11.1. The van der Waals surface area contributed by atoms with Crippen molar-refractivity contribution < 1.29 is 9.90 Å². The van der Waals surface area contributed by atoms with Gasteiger partial charge in [0.15, 0.2) is 0 Å². The minimum atomic E-state index is -0.880. The minimum Gasteiger partial charge on any atom is -0.477 e. The highest BCUT2D eigenvalue weighted by molar-refractivity contribution is 5.86. The van der Waals surface area contributed by atoms with Gasteiger partial charge in [0.05, 0.1) is 0 Å². The number of rotatable bonds is 5. The highest BCUT2D eigenvalue weighted by Crippen LogP contribution is 2.11. The molecule has 1 aromatic carbocycles. The molecule has 0 saturated carbocycles. The summed E-state index contributed by atoms with van der Waals surface area (Å²) in [5, 5.41) is 9.13. The van der Waals surface area contributed by atoms with E-state index in [9.17, 15) is 4.79 Å². The van der Waals surface area contributed by atoms with Crippen LogP contribution in [0.15, 0.2) is 35.5 Å². The number of carbonyl (C=O) groups is 1. The highest BCUT2D eigenvalue weighted by atomic mass is 16.4. The lowest BCUT2D eigenvalue weighted by Gasteiger charge is -2.21. The Morgan fingerprint density at radius 1 is 1.28 bits per heavy atom. The maximum absolute atomic E-state index is 11.1. The van der Waals surface area contributed by atoms with Crippen molar-refractivity contribution in [2.24, 2.45) is 0 Å². The number of benzene rings is 1. The molecule has 0 aromatic heterocycles. The van der Waals surface area contributed by atoms with E-state index in [0.717, 1.165) is 23.2 Å². The third kappa shape index (κ3) is 3.80. The van der Waals surface area contributed by atoms with Gasteiger partial charge in [0.2, 0.25) is 0 Å². The molecule has 0 heterocycles. The van der Waals surface area contributed by atoms with Crippen LogP contribution in [-0.4, -0.2) is 29.6 Å². The Kier molecular flexibility index (Phi) is 4.77. The van der Waals surface area contributed by atoms with E-state index in [2.05, 4.69) is 0 Å². The van der Waals surface area contributed by atoms with E-state index in [-0.39, 0.29) is 0 Å². The first-order valence-electron chi connectivity index (χ1n) is 5.88. The van der Waals surface area contributed by atoms with E-state index in [0.29, 0.717) is 12.2 Å². The van der Waals surface area contributed by atoms with E-state index in [4.69, 9.17) is 10.8 Å². The van der Waals surface area contributed by atoms with Gasteiger partial charge in [-0.05, 0) is 43.5 Å². The molecular formula is C14H20N2O2. The van der Waals surface area contributed by atoms with Crippen molar-refractivity contribution in [3.63, 3.8) is 0 Å². The number of likely N-dealkylation sites (N-methyl/N-ethyl adjacent to an activating group) is 1. The van der Waals surface area contributed by atoms with Crippen molar-refractivity contribution >= 4 is 11.7 Å². The summed E-state index contributed by atoms with van der Waals surface area (Å²) in [5.41, 5.74) is 8.67. The molecular weight excluding hydrogens is 228 g/mol. The van der Waals surface area contributed by atoms with Crippen LogP contribution >= 0.6 is 0 Å². The van der Waals surface area contributed by atoms with Crippen LogP contribution in [0.4, 0.5) is 5.69 Å². The summed E-state index contributed by atoms with van der Waals surface area (Å²) in [5.74, 6) is -0.880. The quantitative estimate of drug-likeness (QED) is 0.618. The van der Waals surface area contributed by atoms with Gasteiger partial charge < -0.3 is 15.7 Å². The molecule has 0 atom stereocenters. The average Bonchev–Trinajstić information content (AvgIpc) is 2.27. The van der Waals surface area contributed by atoms with E-state index >= 15 is 0 Å². The number of allylic oxidation sites excluding steroid dienone is 1. The lowest BCUT2D eigenvalue weighted by molar-refractivity contribution is -0.134. The molecule has 4 nitrogen and oxygen atoms in total. The van der Waals surface area contributed by atoms with E-state index in [1.165, 1.54) is 0 Å². The van der Waals surface area contributed by atoms with E-state index in [1.807, 2.05) is 38.1 Å². The smallest absolute Gasteiger partial charge is 0.352 e. The van der Waals surface area contributed by atoms with Gasteiger partial charge in [-0.2, -0.15) is 0 Å². The molecule has 0 radical (unpaired) electrons. The van der Waals surface area contributed by atoms with Crippen LogP contribution < -0.4 is 5.73 Å². The zero-order valence-electron chi connectivity index (χ0n) is 11.1. The Morgan fingerprint density at radius 2 is 1.83 bits per heavy atom. The fraction of sp³-hybridized carbons (Fsp3) is 0.357. The summed E-state index contributed by atoms with van der Waals surface area (Å²) in [7, 11) is 1.80. The van der Waals surface area contributed by atoms with Gasteiger partial charge in [-0.3, -0.25) is 0 Å². The summed E-state index contributed by atoms with van der Waals surface area (Å²) in [6, 6.07) is 7.64. The standard InChI is InChI=1S/C14H20N2O2/c1-10(2)13(14(17)18)16(3)9-8-11-4-6-12(15)7-5-11/h4-7H,8-9,15H2,1-3H3,(H,17,18). The molecule has 0 unspecified atom stereocenters. The molecule has 0 aliphatic carbocycles. The number of aliphatic carboxylic acids is 1. The van der Waals surface area contributed by atoms with Crippen molar-refractivity contribution in [2.45, 2.75) is 20.3 Å². The van der Waals surface area contributed by atoms with Gasteiger partial charge in [0.1, 0.15) is 5.70 Å². The number of hydrogen-bond donors (Lipinski definition) is 2. The number of nitrogens with zero attached hydrogens (tertiary/aromatic N) is 1. The topological polar surface area (TPSA) is 66.6 Å². The van der Waals surface area contributed by atoms with Gasteiger partial charge in [-0.15, -0.1) is 0 Å². The Morgan fingerprint density at radius 3 is 2.28 bits per heavy atom. The number of carboxylic acid groups (broad SMARTS) is 1. The summed E-state index contributed by atoms with van der Waals surface area (Å²) >= 11 is 0. The molecule has 0 spiro atoms. The van der Waals surface area contributed by atoms with E-state index < -0.39 is 5.97 Å². The molecule has 1 aromatic rings. The van der Waals surface area contributed by atoms with Crippen LogP contribution in [-0.2, 0) is 11.2 Å². The summed E-state index contributed by atoms with van der Waals surface area (Å²) in [6.45, 7) is 4.28. The lowest BCUT2D eigenvalue weighted by atomic mass is 10.1. The van der Waals surface area contributed by atoms with Gasteiger partial charge >= 0.3 is 5.97 Å². The first kappa shape index (κ1) is 14.1. The van der Waals surface area contributed by atoms with Crippen molar-refractivity contribution in [3.05, 3.63) is 41.1 Å². The molecule has 3 N–H and O–H groups in total. The third-order valence-electron chi connectivity index (χ3n) is 2.77. The number of anilines is 1. The summed E-state index contributed by atoms with van der Waals surface area (Å²) in [4.78, 5) is 12.9. The average molecular weight is 248 g/mol. The highest BCUT2D eigenvalue weighted by Gasteiger charge is 2.14. The van der Waals surface area contributed by atoms with Crippen molar-refractivity contribution in [2.75, 3.05) is 19.3 Å². The van der Waals surface area contributed by atoms with Crippen LogP contribution in [0.1, 0.15) is 19.4 Å². The predicted molar refractivity (Wildman–Crippen MR) is 73.2 cm³/mol. The Balaban J connectivity index is 2.66. The number of carboxylic acids is 1. The lowest BCUT2D eigenvalue weighted by Crippen LogP contribution is -2.26. The Bertz CT molecular complexity index is 445. The minimum absolute atomic E-state index is 0.366. The second-order valence-electron chi connectivity index (χ2n) is 4.57. The number of hydrogen-bond acceptors (Lipinski definition) is 3. The van der Waals surface area contributed by atoms with Crippen LogP contribution in [0.5, 0.6) is 0 Å². The van der Waals surface area contributed by atoms with Gasteiger partial charge in [0, 0.05) is 19.3 Å². The molecule has 0 bridgehead atoms. The van der Waals surface area contributed by atoms with Crippen LogP contribution in [0.2, 0.25) is 0 Å². The summed E-state index contributed by atoms with van der Waals surface area (Å²) in [6.07, 6.45) is 0.792. The molecule has 0 saturated heterocycles. The second kappa shape index (κ2) is 6.10. The van der Waals surface area contributed by atoms with Crippen molar-refractivity contribution in [1.82, 2.24) is 4.90 Å². The third-order valence-corrected chi connectivity index (χ3v) is 2.77. The molecule has 0 fully saturated rings. The van der Waals surface area contributed by atoms with Gasteiger partial charge in [-0.1, -0.05) is 12.1 Å². The molecule has 1 rings (SSSR count). The Hall–Kier alpha value is -1.97. The zero-order chi connectivity index (χ0) is 13.7. The van der Waals surface area contributed by atoms with Crippen LogP contribution in [0, 0.1) is 0 Å². The van der Waals surface area contributed by atoms with Gasteiger partial charge in [0.25, 0.3) is 0 Å². The Labute approximate surface area is 108 Å². The first-order chi connectivity index (χ1) is 8.41. The number of nitrogen functional groups attached to an aromatic ring is 1. The molecule has 18 heavy (non-hydrogen) atoms. The number of nitrogens with two attached hydrogens (primary N) is 1. The van der Waals surface area contributed by atoms with Crippen LogP contribution in [0.25, 0.3) is 0 Å². The maximum atomic E-state index is 11.1. The normalized spacial score (nSPS) is 9.94. The first-order valence-corrected chi connectivity index (χ1v) is 5.88. The van der Waals surface area contributed by atoms with Crippen LogP contribution in [0.3, 0.4) is 0 Å². The largest absolute Gasteiger partial charge is 0.477 e. The fourth-order valence-electron chi connectivity index (χ4n) is 1.85. The molecule has 4 heteroatoms. The molecule has 0 aliphatic rings. The summed E-state index contributed by atoms with van der Waals surface area (Å²) < 4.78 is 0. The van der Waals surface area contributed by atoms with Crippen molar-refractivity contribution in [1.29, 1.82) is 0 Å². The van der Waals surface area contributed by atoms with Gasteiger partial charge in [-0.25, -0.2) is 4.79 Å². The SMILES string of the molecule is CC(C)=C(C(=O)O)N(C)CCc1ccc(N)cc1. The maximum Gasteiger partial charge on any atom is 0.352 e. The fourth-order valence-corrected chi connectivity index (χ4v) is 1.85.